The van der Waals surface area contributed by atoms with Gasteiger partial charge in [-0.3, -0.25) is 9.69 Å². The molecule has 2 aliphatic carbocycles. The van der Waals surface area contributed by atoms with E-state index in [2.05, 4.69) is 17.1 Å². The van der Waals surface area contributed by atoms with Crippen molar-refractivity contribution in [3.05, 3.63) is 29.8 Å². The molecule has 1 aromatic rings. The van der Waals surface area contributed by atoms with Gasteiger partial charge in [0.25, 0.3) is 0 Å². The van der Waals surface area contributed by atoms with Crippen LogP contribution in [0.15, 0.2) is 24.3 Å². The molecule has 0 spiro atoms. The molecule has 0 heterocycles. The molecule has 2 saturated carbocycles. The molecule has 0 aromatic heterocycles. The van der Waals surface area contributed by atoms with Crippen LogP contribution in [0.25, 0.3) is 0 Å². The second kappa shape index (κ2) is 5.68. The summed E-state index contributed by atoms with van der Waals surface area (Å²) in [6.45, 7) is 4.98. The van der Waals surface area contributed by atoms with Gasteiger partial charge in [-0.05, 0) is 49.9 Å². The zero-order chi connectivity index (χ0) is 14.9. The highest BCUT2D eigenvalue weighted by Crippen LogP contribution is 2.48. The highest BCUT2D eigenvalue weighted by molar-refractivity contribution is 5.91. The lowest BCUT2D eigenvalue weighted by Gasteiger charge is -2.21. The van der Waals surface area contributed by atoms with Crippen LogP contribution in [0.4, 0.5) is 5.69 Å². The third kappa shape index (κ3) is 3.05. The molecule has 0 bridgehead atoms. The van der Waals surface area contributed by atoms with Crippen LogP contribution in [0, 0.1) is 0 Å². The van der Waals surface area contributed by atoms with E-state index in [1.165, 1.54) is 12.8 Å². The van der Waals surface area contributed by atoms with Gasteiger partial charge in [-0.25, -0.2) is 0 Å². The number of hydrogen-bond donors (Lipinski definition) is 2. The van der Waals surface area contributed by atoms with E-state index in [0.29, 0.717) is 0 Å². The number of nitrogens with one attached hydrogen (secondary N) is 1. The van der Waals surface area contributed by atoms with Crippen molar-refractivity contribution in [1.29, 1.82) is 0 Å². The number of likely N-dealkylation sites (N-methyl/N-ethyl adjacent to an activating group) is 1. The second-order valence-corrected chi connectivity index (χ2v) is 6.32. The molecule has 21 heavy (non-hydrogen) atoms. The summed E-state index contributed by atoms with van der Waals surface area (Å²) in [6.07, 6.45) is 4.53. The summed E-state index contributed by atoms with van der Waals surface area (Å²) in [7, 11) is 0. The summed E-state index contributed by atoms with van der Waals surface area (Å²) in [4.78, 5) is 15.0. The van der Waals surface area contributed by atoms with E-state index in [1.807, 2.05) is 24.3 Å². The molecule has 1 amide bonds. The number of amides is 1. The average molecular weight is 287 g/mol. The number of carbonyl (C=O) groups excluding carboxylic acids is 1. The van der Waals surface area contributed by atoms with E-state index in [9.17, 15) is 4.79 Å². The quantitative estimate of drug-likeness (QED) is 0.753. The van der Waals surface area contributed by atoms with Crippen LogP contribution in [0.3, 0.4) is 0 Å². The Morgan fingerprint density at radius 1 is 1.33 bits per heavy atom. The van der Waals surface area contributed by atoms with Crippen LogP contribution in [0.5, 0.6) is 0 Å². The number of hydrogen-bond acceptors (Lipinski definition) is 3. The molecule has 0 radical (unpaired) electrons. The molecule has 2 fully saturated rings. The van der Waals surface area contributed by atoms with Gasteiger partial charge in [0.15, 0.2) is 0 Å². The maximum atomic E-state index is 12.5. The third-order valence-electron chi connectivity index (χ3n) is 4.80. The fraction of sp³-hybridized carbons (Fsp3) is 0.588. The molecule has 1 aromatic carbocycles. The summed E-state index contributed by atoms with van der Waals surface area (Å²) in [5.41, 5.74) is 7.28. The SMILES string of the molecule is CCN(CCNC(=O)C1(c2ccc(N)cc2)CC1)C1CC1. The first-order valence-electron chi connectivity index (χ1n) is 8.04. The number of nitrogens with zero attached hydrogens (tertiary/aromatic N) is 1. The molecule has 0 atom stereocenters. The topological polar surface area (TPSA) is 58.4 Å². The Kier molecular flexibility index (Phi) is 3.89. The zero-order valence-electron chi connectivity index (χ0n) is 12.8. The summed E-state index contributed by atoms with van der Waals surface area (Å²) in [5, 5.41) is 3.13. The first kappa shape index (κ1) is 14.4. The minimum Gasteiger partial charge on any atom is -0.399 e. The Balaban J connectivity index is 1.54. The van der Waals surface area contributed by atoms with E-state index in [4.69, 9.17) is 5.73 Å². The summed E-state index contributed by atoms with van der Waals surface area (Å²) < 4.78 is 0. The minimum absolute atomic E-state index is 0.180. The number of nitrogen functional groups attached to an aromatic ring is 1. The third-order valence-corrected chi connectivity index (χ3v) is 4.80. The number of carbonyl (C=O) groups is 1. The van der Waals surface area contributed by atoms with E-state index < -0.39 is 0 Å². The van der Waals surface area contributed by atoms with Crippen molar-refractivity contribution in [2.75, 3.05) is 25.4 Å². The van der Waals surface area contributed by atoms with Gasteiger partial charge in [-0.1, -0.05) is 19.1 Å². The molecule has 4 nitrogen and oxygen atoms in total. The number of benzene rings is 1. The van der Waals surface area contributed by atoms with Crippen LogP contribution >= 0.6 is 0 Å². The Labute approximate surface area is 126 Å². The Bertz CT molecular complexity index is 503. The largest absolute Gasteiger partial charge is 0.399 e. The van der Waals surface area contributed by atoms with Gasteiger partial charge in [0.2, 0.25) is 5.91 Å². The molecule has 4 heteroatoms. The van der Waals surface area contributed by atoms with Crippen LogP contribution in [-0.2, 0) is 10.2 Å². The van der Waals surface area contributed by atoms with Gasteiger partial charge in [-0.2, -0.15) is 0 Å². The van der Waals surface area contributed by atoms with Gasteiger partial charge in [-0.15, -0.1) is 0 Å². The van der Waals surface area contributed by atoms with Gasteiger partial charge in [0.1, 0.15) is 0 Å². The highest BCUT2D eigenvalue weighted by Gasteiger charge is 2.51. The first-order chi connectivity index (χ1) is 10.2. The van der Waals surface area contributed by atoms with Gasteiger partial charge in [0, 0.05) is 24.8 Å². The van der Waals surface area contributed by atoms with Gasteiger partial charge < -0.3 is 11.1 Å². The average Bonchev–Trinajstić information content (AvgIpc) is 3.37. The molecule has 0 unspecified atom stereocenters. The number of nitrogens with two attached hydrogens (primary N) is 1. The maximum Gasteiger partial charge on any atom is 0.230 e. The first-order valence-corrected chi connectivity index (χ1v) is 8.04. The summed E-state index contributed by atoms with van der Waals surface area (Å²) >= 11 is 0. The molecule has 0 aliphatic heterocycles. The van der Waals surface area contributed by atoms with Gasteiger partial charge >= 0.3 is 0 Å². The fourth-order valence-corrected chi connectivity index (χ4v) is 3.09. The maximum absolute atomic E-state index is 12.5. The summed E-state index contributed by atoms with van der Waals surface area (Å²) in [5.74, 6) is 0.180. The predicted octanol–water partition coefficient (Wildman–Crippen LogP) is 1.90. The van der Waals surface area contributed by atoms with Crippen molar-refractivity contribution in [3.8, 4) is 0 Å². The van der Waals surface area contributed by atoms with E-state index in [0.717, 1.165) is 49.8 Å². The normalized spacial score (nSPS) is 19.5. The molecular weight excluding hydrogens is 262 g/mol. The van der Waals surface area contributed by atoms with Crippen LogP contribution < -0.4 is 11.1 Å². The standard InChI is InChI=1S/C17H25N3O/c1-2-20(15-7-8-15)12-11-19-16(21)17(9-10-17)13-3-5-14(18)6-4-13/h3-6,15H,2,7-12,18H2,1H3,(H,19,21). The van der Waals surface area contributed by atoms with E-state index >= 15 is 0 Å². The van der Waals surface area contributed by atoms with E-state index in [-0.39, 0.29) is 11.3 Å². The molecule has 114 valence electrons. The Morgan fingerprint density at radius 2 is 2.00 bits per heavy atom. The van der Waals surface area contributed by atoms with Crippen molar-refractivity contribution in [3.63, 3.8) is 0 Å². The highest BCUT2D eigenvalue weighted by atomic mass is 16.2. The van der Waals surface area contributed by atoms with Crippen LogP contribution in [-0.4, -0.2) is 36.5 Å². The smallest absolute Gasteiger partial charge is 0.230 e. The van der Waals surface area contributed by atoms with Crippen LogP contribution in [0.1, 0.15) is 38.2 Å². The molecule has 0 saturated heterocycles. The van der Waals surface area contributed by atoms with Crippen molar-refractivity contribution in [2.45, 2.75) is 44.1 Å². The van der Waals surface area contributed by atoms with E-state index in [1.54, 1.807) is 0 Å². The zero-order valence-corrected chi connectivity index (χ0v) is 12.8. The Hall–Kier alpha value is -1.55. The molecule has 3 N–H and O–H groups in total. The second-order valence-electron chi connectivity index (χ2n) is 6.32. The number of anilines is 1. The molecular formula is C17H25N3O. The summed E-state index contributed by atoms with van der Waals surface area (Å²) in [6, 6.07) is 8.51. The monoisotopic (exact) mass is 287 g/mol. The lowest BCUT2D eigenvalue weighted by Crippen LogP contribution is -2.40. The molecule has 3 rings (SSSR count). The van der Waals surface area contributed by atoms with Crippen molar-refractivity contribution < 1.29 is 4.79 Å². The van der Waals surface area contributed by atoms with Gasteiger partial charge in [0.05, 0.1) is 5.41 Å². The van der Waals surface area contributed by atoms with Crippen molar-refractivity contribution in [2.24, 2.45) is 0 Å². The lowest BCUT2D eigenvalue weighted by molar-refractivity contribution is -0.123. The van der Waals surface area contributed by atoms with Crippen molar-refractivity contribution >= 4 is 11.6 Å². The Morgan fingerprint density at radius 3 is 2.52 bits per heavy atom. The number of rotatable bonds is 7. The fourth-order valence-electron chi connectivity index (χ4n) is 3.09. The minimum atomic E-state index is -0.287. The predicted molar refractivity (Wildman–Crippen MR) is 85.0 cm³/mol. The van der Waals surface area contributed by atoms with Crippen LogP contribution in [0.2, 0.25) is 0 Å². The molecule has 2 aliphatic rings. The van der Waals surface area contributed by atoms with Crippen molar-refractivity contribution in [1.82, 2.24) is 10.2 Å². The lowest BCUT2D eigenvalue weighted by atomic mass is 9.95.